The lowest BCUT2D eigenvalue weighted by Crippen LogP contribution is -2.11. The molecule has 1 heterocycles. The van der Waals surface area contributed by atoms with Crippen molar-refractivity contribution in [2.45, 2.75) is 13.3 Å². The molecule has 2 aromatic rings. The maximum absolute atomic E-state index is 11.2. The normalized spacial score (nSPS) is 10.7. The van der Waals surface area contributed by atoms with Crippen LogP contribution in [0.15, 0.2) is 18.2 Å². The average Bonchev–Trinajstić information content (AvgIpc) is 2.61. The number of rotatable bonds is 2. The molecule has 0 fully saturated rings. The van der Waals surface area contributed by atoms with E-state index in [0.717, 1.165) is 0 Å². The fraction of sp³-hybridized carbons (Fsp3) is 0.250. The minimum atomic E-state index is -1.02. The van der Waals surface area contributed by atoms with Crippen molar-refractivity contribution in [1.29, 1.82) is 0 Å². The van der Waals surface area contributed by atoms with E-state index >= 15 is 0 Å². The summed E-state index contributed by atoms with van der Waals surface area (Å²) in [5, 5.41) is 9.92. The van der Waals surface area contributed by atoms with E-state index in [4.69, 9.17) is 10.5 Å². The molecular formula is C12H14N2O3. The third kappa shape index (κ3) is 1.60. The van der Waals surface area contributed by atoms with Crippen LogP contribution in [-0.4, -0.2) is 22.9 Å². The van der Waals surface area contributed by atoms with Crippen molar-refractivity contribution >= 4 is 22.7 Å². The van der Waals surface area contributed by atoms with E-state index < -0.39 is 6.09 Å². The van der Waals surface area contributed by atoms with E-state index in [-0.39, 0.29) is 0 Å². The Bertz CT molecular complexity index is 587. The van der Waals surface area contributed by atoms with Crippen LogP contribution >= 0.6 is 0 Å². The SMILES string of the molecule is CCc1c(N)c2cc(OC)ccc2n1C(=O)O. The summed E-state index contributed by atoms with van der Waals surface area (Å²) < 4.78 is 6.33. The molecule has 0 bridgehead atoms. The van der Waals surface area contributed by atoms with E-state index in [1.807, 2.05) is 6.92 Å². The predicted octanol–water partition coefficient (Wildman–Crippen LogP) is 2.32. The molecule has 2 rings (SSSR count). The van der Waals surface area contributed by atoms with Crippen LogP contribution in [0.4, 0.5) is 10.5 Å². The third-order valence-corrected chi connectivity index (χ3v) is 2.84. The number of nitrogen functional groups attached to an aromatic ring is 1. The van der Waals surface area contributed by atoms with E-state index in [0.29, 0.717) is 34.5 Å². The molecule has 0 atom stereocenters. The van der Waals surface area contributed by atoms with Crippen molar-refractivity contribution in [3.8, 4) is 5.75 Å². The topological polar surface area (TPSA) is 77.5 Å². The number of nitrogens with zero attached hydrogens (tertiary/aromatic N) is 1. The highest BCUT2D eigenvalue weighted by atomic mass is 16.5. The second kappa shape index (κ2) is 4.01. The molecule has 3 N–H and O–H groups in total. The highest BCUT2D eigenvalue weighted by Gasteiger charge is 2.18. The lowest BCUT2D eigenvalue weighted by Gasteiger charge is -2.03. The number of fused-ring (bicyclic) bond motifs is 1. The maximum Gasteiger partial charge on any atom is 0.416 e. The number of carbonyl (C=O) groups is 1. The Morgan fingerprint density at radius 3 is 2.76 bits per heavy atom. The van der Waals surface area contributed by atoms with Crippen LogP contribution in [0.25, 0.3) is 10.9 Å². The van der Waals surface area contributed by atoms with Crippen molar-refractivity contribution < 1.29 is 14.6 Å². The van der Waals surface area contributed by atoms with E-state index in [9.17, 15) is 9.90 Å². The number of nitrogens with two attached hydrogens (primary N) is 1. The molecule has 0 unspecified atom stereocenters. The van der Waals surface area contributed by atoms with Crippen molar-refractivity contribution in [3.63, 3.8) is 0 Å². The summed E-state index contributed by atoms with van der Waals surface area (Å²) in [6, 6.07) is 5.18. The Labute approximate surface area is 98.4 Å². The Morgan fingerprint density at radius 1 is 1.53 bits per heavy atom. The van der Waals surface area contributed by atoms with Gasteiger partial charge >= 0.3 is 6.09 Å². The second-order valence-corrected chi connectivity index (χ2v) is 3.71. The van der Waals surface area contributed by atoms with Crippen LogP contribution in [-0.2, 0) is 6.42 Å². The zero-order chi connectivity index (χ0) is 12.6. The van der Waals surface area contributed by atoms with Crippen LogP contribution in [0.1, 0.15) is 12.6 Å². The van der Waals surface area contributed by atoms with Crippen LogP contribution in [0.3, 0.4) is 0 Å². The largest absolute Gasteiger partial charge is 0.497 e. The minimum Gasteiger partial charge on any atom is -0.497 e. The fourth-order valence-electron chi connectivity index (χ4n) is 2.04. The van der Waals surface area contributed by atoms with Gasteiger partial charge in [0.25, 0.3) is 0 Å². The number of hydrogen-bond acceptors (Lipinski definition) is 3. The summed E-state index contributed by atoms with van der Waals surface area (Å²) in [7, 11) is 1.56. The second-order valence-electron chi connectivity index (χ2n) is 3.71. The Morgan fingerprint density at radius 2 is 2.24 bits per heavy atom. The van der Waals surface area contributed by atoms with Gasteiger partial charge in [-0.25, -0.2) is 9.36 Å². The molecule has 0 amide bonds. The number of aromatic nitrogens is 1. The van der Waals surface area contributed by atoms with E-state index in [1.165, 1.54) is 4.57 Å². The van der Waals surface area contributed by atoms with Crippen LogP contribution in [0.5, 0.6) is 5.75 Å². The monoisotopic (exact) mass is 234 g/mol. The Balaban J connectivity index is 2.84. The van der Waals surface area contributed by atoms with Crippen LogP contribution < -0.4 is 10.5 Å². The molecule has 90 valence electrons. The molecule has 0 saturated carbocycles. The standard InChI is InChI=1S/C12H14N2O3/c1-3-9-11(13)8-6-7(17-2)4-5-10(8)14(9)12(15)16/h4-6H,3,13H2,1-2H3,(H,15,16). The number of carboxylic acid groups (broad SMARTS) is 1. The van der Waals surface area contributed by atoms with Crippen molar-refractivity contribution in [2.75, 3.05) is 12.8 Å². The zero-order valence-corrected chi connectivity index (χ0v) is 9.73. The van der Waals surface area contributed by atoms with Crippen LogP contribution in [0.2, 0.25) is 0 Å². The highest BCUT2D eigenvalue weighted by molar-refractivity contribution is 6.00. The average molecular weight is 234 g/mol. The van der Waals surface area contributed by atoms with E-state index in [2.05, 4.69) is 0 Å². The summed E-state index contributed by atoms with van der Waals surface area (Å²) in [5.74, 6) is 0.661. The van der Waals surface area contributed by atoms with Gasteiger partial charge in [-0.05, 0) is 24.6 Å². The van der Waals surface area contributed by atoms with Crippen molar-refractivity contribution in [1.82, 2.24) is 4.57 Å². The summed E-state index contributed by atoms with van der Waals surface area (Å²) in [6.45, 7) is 1.88. The molecule has 5 heteroatoms. The van der Waals surface area contributed by atoms with Gasteiger partial charge in [0.2, 0.25) is 0 Å². The quantitative estimate of drug-likeness (QED) is 0.835. The smallest absolute Gasteiger partial charge is 0.416 e. The molecule has 0 radical (unpaired) electrons. The van der Waals surface area contributed by atoms with Crippen LogP contribution in [0, 0.1) is 0 Å². The third-order valence-electron chi connectivity index (χ3n) is 2.84. The molecule has 0 spiro atoms. The molecule has 5 nitrogen and oxygen atoms in total. The van der Waals surface area contributed by atoms with Gasteiger partial charge in [0.15, 0.2) is 0 Å². The summed E-state index contributed by atoms with van der Waals surface area (Å²) >= 11 is 0. The number of ether oxygens (including phenoxy) is 1. The number of methoxy groups -OCH3 is 1. The molecule has 0 saturated heterocycles. The molecule has 0 aliphatic heterocycles. The number of hydrogen-bond donors (Lipinski definition) is 2. The number of benzene rings is 1. The van der Waals surface area contributed by atoms with E-state index in [1.54, 1.807) is 25.3 Å². The highest BCUT2D eigenvalue weighted by Crippen LogP contribution is 2.31. The van der Waals surface area contributed by atoms with Gasteiger partial charge in [-0.1, -0.05) is 6.92 Å². The lowest BCUT2D eigenvalue weighted by molar-refractivity contribution is 0.197. The molecule has 0 aliphatic rings. The van der Waals surface area contributed by atoms with Gasteiger partial charge in [-0.3, -0.25) is 0 Å². The summed E-state index contributed by atoms with van der Waals surface area (Å²) in [4.78, 5) is 11.2. The first-order valence-electron chi connectivity index (χ1n) is 5.30. The van der Waals surface area contributed by atoms with Gasteiger partial charge in [0, 0.05) is 5.39 Å². The Kier molecular flexibility index (Phi) is 2.67. The van der Waals surface area contributed by atoms with Gasteiger partial charge in [0.05, 0.1) is 24.0 Å². The first-order chi connectivity index (χ1) is 8.10. The lowest BCUT2D eigenvalue weighted by atomic mass is 10.2. The maximum atomic E-state index is 11.2. The molecule has 1 aromatic carbocycles. The summed E-state index contributed by atoms with van der Waals surface area (Å²) in [5.41, 5.74) is 7.68. The number of anilines is 1. The minimum absolute atomic E-state index is 0.504. The van der Waals surface area contributed by atoms with Gasteiger partial charge in [0.1, 0.15) is 5.75 Å². The zero-order valence-electron chi connectivity index (χ0n) is 9.73. The Hall–Kier alpha value is -2.17. The van der Waals surface area contributed by atoms with Crippen molar-refractivity contribution in [2.24, 2.45) is 0 Å². The predicted molar refractivity (Wildman–Crippen MR) is 65.7 cm³/mol. The summed E-state index contributed by atoms with van der Waals surface area (Å²) in [6.07, 6.45) is -0.455. The fourth-order valence-corrected chi connectivity index (χ4v) is 2.04. The van der Waals surface area contributed by atoms with Gasteiger partial charge < -0.3 is 15.6 Å². The van der Waals surface area contributed by atoms with Crippen molar-refractivity contribution in [3.05, 3.63) is 23.9 Å². The molecular weight excluding hydrogens is 220 g/mol. The molecule has 17 heavy (non-hydrogen) atoms. The molecule has 0 aliphatic carbocycles. The first kappa shape index (κ1) is 11.3. The first-order valence-corrected chi connectivity index (χ1v) is 5.30. The van der Waals surface area contributed by atoms with Gasteiger partial charge in [-0.2, -0.15) is 0 Å². The van der Waals surface area contributed by atoms with Gasteiger partial charge in [-0.15, -0.1) is 0 Å². The molecule has 1 aromatic heterocycles.